The Labute approximate surface area is 188 Å². The first-order valence-corrected chi connectivity index (χ1v) is 9.23. The van der Waals surface area contributed by atoms with Crippen LogP contribution in [0.4, 0.5) is 4.39 Å². The number of halogens is 2. The minimum atomic E-state index is -0.231. The molecular formula is C21H28FIN4O2. The average Bonchev–Trinajstić information content (AvgIpc) is 2.71. The fraction of sp³-hybridized carbons (Fsp3) is 0.333. The van der Waals surface area contributed by atoms with E-state index in [1.54, 1.807) is 44.4 Å². The van der Waals surface area contributed by atoms with Crippen molar-refractivity contribution in [2.24, 2.45) is 4.99 Å². The minimum Gasteiger partial charge on any atom is -0.497 e. The van der Waals surface area contributed by atoms with Crippen LogP contribution in [0.5, 0.6) is 5.75 Å². The van der Waals surface area contributed by atoms with Gasteiger partial charge in [-0.1, -0.05) is 18.2 Å². The second-order valence-electron chi connectivity index (χ2n) is 6.19. The number of nitrogens with one attached hydrogen (secondary N) is 3. The van der Waals surface area contributed by atoms with Crippen molar-refractivity contribution in [1.82, 2.24) is 16.0 Å². The van der Waals surface area contributed by atoms with Gasteiger partial charge in [-0.25, -0.2) is 9.38 Å². The molecule has 29 heavy (non-hydrogen) atoms. The quantitative estimate of drug-likeness (QED) is 0.219. The highest BCUT2D eigenvalue weighted by Crippen LogP contribution is 2.12. The van der Waals surface area contributed by atoms with Gasteiger partial charge >= 0.3 is 0 Å². The van der Waals surface area contributed by atoms with Crippen LogP contribution in [0.2, 0.25) is 0 Å². The number of nitrogens with zero attached hydrogens (tertiary/aromatic N) is 1. The molecule has 0 spiro atoms. The summed E-state index contributed by atoms with van der Waals surface area (Å²) in [6.45, 7) is 5.69. The molecule has 0 aliphatic carbocycles. The molecule has 2 rings (SSSR count). The zero-order valence-electron chi connectivity index (χ0n) is 16.9. The summed E-state index contributed by atoms with van der Waals surface area (Å²) in [5, 5.41) is 9.13. The molecule has 158 valence electrons. The van der Waals surface area contributed by atoms with Crippen molar-refractivity contribution < 1.29 is 13.9 Å². The maximum atomic E-state index is 13.6. The highest BCUT2D eigenvalue weighted by Gasteiger charge is 2.06. The topological polar surface area (TPSA) is 74.8 Å². The van der Waals surface area contributed by atoms with Crippen molar-refractivity contribution in [3.05, 3.63) is 65.0 Å². The summed E-state index contributed by atoms with van der Waals surface area (Å²) in [6, 6.07) is 12.1. The normalized spacial score (nSPS) is 10.7. The zero-order chi connectivity index (χ0) is 20.4. The number of ether oxygens (including phenoxy) is 1. The van der Waals surface area contributed by atoms with E-state index in [1.165, 1.54) is 6.07 Å². The highest BCUT2D eigenvalue weighted by atomic mass is 127. The number of methoxy groups -OCH3 is 1. The predicted octanol–water partition coefficient (Wildman–Crippen LogP) is 3.25. The number of rotatable bonds is 8. The standard InChI is InChI=1S/C21H27FN4O2.HI/c1-4-23-21(26-14-16-9-8-15(2)19(22)12-16)25-11-10-24-20(27)17-6-5-7-18(13-17)28-3;/h5-9,12-13H,4,10-11,14H2,1-3H3,(H,24,27)(H2,23,25,26);1H. The maximum Gasteiger partial charge on any atom is 0.251 e. The summed E-state index contributed by atoms with van der Waals surface area (Å²) in [6.07, 6.45) is 0. The molecular weight excluding hydrogens is 486 g/mol. The SMILES string of the molecule is CCNC(=NCc1ccc(C)c(F)c1)NCCNC(=O)c1cccc(OC)c1.I. The van der Waals surface area contributed by atoms with E-state index in [-0.39, 0.29) is 35.7 Å². The van der Waals surface area contributed by atoms with E-state index in [1.807, 2.05) is 13.0 Å². The fourth-order valence-electron chi connectivity index (χ4n) is 2.47. The van der Waals surface area contributed by atoms with Gasteiger partial charge in [-0.3, -0.25) is 4.79 Å². The molecule has 0 radical (unpaired) electrons. The van der Waals surface area contributed by atoms with Crippen molar-refractivity contribution >= 4 is 35.8 Å². The summed E-state index contributed by atoms with van der Waals surface area (Å²) in [7, 11) is 1.56. The number of amides is 1. The minimum absolute atomic E-state index is 0. The molecule has 0 saturated carbocycles. The van der Waals surface area contributed by atoms with E-state index in [4.69, 9.17) is 4.74 Å². The Morgan fingerprint density at radius 2 is 1.86 bits per heavy atom. The van der Waals surface area contributed by atoms with Crippen LogP contribution in [0.3, 0.4) is 0 Å². The number of carbonyl (C=O) groups is 1. The first-order chi connectivity index (χ1) is 13.5. The van der Waals surface area contributed by atoms with Crippen LogP contribution < -0.4 is 20.7 Å². The van der Waals surface area contributed by atoms with Gasteiger partial charge in [-0.05, 0) is 49.2 Å². The Kier molecular flexibility index (Phi) is 11.0. The van der Waals surface area contributed by atoms with Crippen molar-refractivity contribution in [2.45, 2.75) is 20.4 Å². The second kappa shape index (κ2) is 13.0. The van der Waals surface area contributed by atoms with E-state index >= 15 is 0 Å². The number of aliphatic imine (C=N–C) groups is 1. The third-order valence-corrected chi connectivity index (χ3v) is 4.04. The van der Waals surface area contributed by atoms with Crippen LogP contribution in [-0.4, -0.2) is 38.6 Å². The number of carbonyl (C=O) groups excluding carboxylic acids is 1. The fourth-order valence-corrected chi connectivity index (χ4v) is 2.47. The summed E-state index contributed by atoms with van der Waals surface area (Å²) in [4.78, 5) is 16.6. The first kappa shape index (κ1) is 24.7. The van der Waals surface area contributed by atoms with E-state index in [0.717, 1.165) is 5.56 Å². The average molecular weight is 514 g/mol. The molecule has 0 aliphatic heterocycles. The van der Waals surface area contributed by atoms with Gasteiger partial charge in [0.1, 0.15) is 11.6 Å². The lowest BCUT2D eigenvalue weighted by molar-refractivity contribution is 0.0954. The second-order valence-corrected chi connectivity index (χ2v) is 6.19. The van der Waals surface area contributed by atoms with Crippen LogP contribution in [0.25, 0.3) is 0 Å². The Hall–Kier alpha value is -2.36. The van der Waals surface area contributed by atoms with Crippen molar-refractivity contribution in [3.8, 4) is 5.75 Å². The number of benzene rings is 2. The molecule has 0 bridgehead atoms. The summed E-state index contributed by atoms with van der Waals surface area (Å²) >= 11 is 0. The van der Waals surface area contributed by atoms with Gasteiger partial charge in [0.2, 0.25) is 0 Å². The lowest BCUT2D eigenvalue weighted by atomic mass is 10.1. The van der Waals surface area contributed by atoms with Gasteiger partial charge < -0.3 is 20.7 Å². The Morgan fingerprint density at radius 1 is 1.10 bits per heavy atom. The monoisotopic (exact) mass is 514 g/mol. The lowest BCUT2D eigenvalue weighted by Gasteiger charge is -2.12. The van der Waals surface area contributed by atoms with Crippen LogP contribution >= 0.6 is 24.0 Å². The molecule has 2 aromatic rings. The van der Waals surface area contributed by atoms with Gasteiger partial charge in [0.05, 0.1) is 13.7 Å². The molecule has 0 unspecified atom stereocenters. The largest absolute Gasteiger partial charge is 0.497 e. The molecule has 3 N–H and O–H groups in total. The number of hydrogen-bond donors (Lipinski definition) is 3. The molecule has 2 aromatic carbocycles. The zero-order valence-corrected chi connectivity index (χ0v) is 19.3. The molecule has 0 aromatic heterocycles. The Bertz CT molecular complexity index is 830. The number of guanidine groups is 1. The molecule has 8 heteroatoms. The van der Waals surface area contributed by atoms with Crippen LogP contribution in [0.15, 0.2) is 47.5 Å². The highest BCUT2D eigenvalue weighted by molar-refractivity contribution is 14.0. The molecule has 0 aliphatic rings. The van der Waals surface area contributed by atoms with Gasteiger partial charge in [-0.2, -0.15) is 0 Å². The van der Waals surface area contributed by atoms with Crippen molar-refractivity contribution in [1.29, 1.82) is 0 Å². The molecule has 0 fully saturated rings. The van der Waals surface area contributed by atoms with Crippen molar-refractivity contribution in [2.75, 3.05) is 26.7 Å². The molecule has 0 heterocycles. The Morgan fingerprint density at radius 3 is 2.55 bits per heavy atom. The maximum absolute atomic E-state index is 13.6. The smallest absolute Gasteiger partial charge is 0.251 e. The van der Waals surface area contributed by atoms with E-state index < -0.39 is 0 Å². The first-order valence-electron chi connectivity index (χ1n) is 9.23. The van der Waals surface area contributed by atoms with Crippen molar-refractivity contribution in [3.63, 3.8) is 0 Å². The van der Waals surface area contributed by atoms with E-state index in [9.17, 15) is 9.18 Å². The molecule has 0 saturated heterocycles. The van der Waals surface area contributed by atoms with Gasteiger partial charge in [0.25, 0.3) is 5.91 Å². The van der Waals surface area contributed by atoms with Crippen LogP contribution in [-0.2, 0) is 6.54 Å². The summed E-state index contributed by atoms with van der Waals surface area (Å²) in [5.74, 6) is 0.850. The lowest BCUT2D eigenvalue weighted by Crippen LogP contribution is -2.41. The summed E-state index contributed by atoms with van der Waals surface area (Å²) in [5.41, 5.74) is 1.96. The van der Waals surface area contributed by atoms with Gasteiger partial charge in [0.15, 0.2) is 5.96 Å². The van der Waals surface area contributed by atoms with E-state index in [2.05, 4.69) is 20.9 Å². The third-order valence-electron chi connectivity index (χ3n) is 4.04. The molecule has 0 atom stereocenters. The predicted molar refractivity (Wildman–Crippen MR) is 125 cm³/mol. The van der Waals surface area contributed by atoms with Gasteiger partial charge in [0, 0.05) is 25.2 Å². The van der Waals surface area contributed by atoms with E-state index in [0.29, 0.717) is 49.0 Å². The van der Waals surface area contributed by atoms with Crippen LogP contribution in [0.1, 0.15) is 28.4 Å². The molecule has 1 amide bonds. The van der Waals surface area contributed by atoms with Gasteiger partial charge in [-0.15, -0.1) is 24.0 Å². The third kappa shape index (κ3) is 8.26. The number of hydrogen-bond acceptors (Lipinski definition) is 3. The molecule has 6 nitrogen and oxygen atoms in total. The van der Waals surface area contributed by atoms with Crippen LogP contribution in [0, 0.1) is 12.7 Å². The Balaban J connectivity index is 0.00000420. The summed E-state index contributed by atoms with van der Waals surface area (Å²) < 4.78 is 18.8. The number of aryl methyl sites for hydroxylation is 1.